The molecule has 0 aliphatic heterocycles. The number of methoxy groups -OCH3 is 1. The standard InChI is InChI=1S/C13H25N3O/c1-5-8-11(14-7-3)13-12(17-4)10-15-16(13)9-6-2/h10-11,14H,5-9H2,1-4H3. The van der Waals surface area contributed by atoms with Crippen molar-refractivity contribution in [2.24, 2.45) is 0 Å². The fourth-order valence-corrected chi connectivity index (χ4v) is 2.15. The lowest BCUT2D eigenvalue weighted by Crippen LogP contribution is -2.24. The number of ether oxygens (including phenoxy) is 1. The molecule has 0 spiro atoms. The van der Waals surface area contributed by atoms with Gasteiger partial charge in [-0.05, 0) is 19.4 Å². The molecule has 0 saturated carbocycles. The molecule has 1 N–H and O–H groups in total. The highest BCUT2D eigenvalue weighted by atomic mass is 16.5. The Morgan fingerprint density at radius 1 is 1.35 bits per heavy atom. The molecule has 4 heteroatoms. The minimum Gasteiger partial charge on any atom is -0.493 e. The molecule has 0 bridgehead atoms. The second kappa shape index (κ2) is 7.33. The van der Waals surface area contributed by atoms with Crippen LogP contribution < -0.4 is 10.1 Å². The number of aromatic nitrogens is 2. The van der Waals surface area contributed by atoms with E-state index in [2.05, 4.69) is 35.9 Å². The Labute approximate surface area is 104 Å². The number of nitrogens with zero attached hydrogens (tertiary/aromatic N) is 2. The molecule has 0 aromatic carbocycles. The average Bonchev–Trinajstić information content (AvgIpc) is 2.72. The Balaban J connectivity index is 2.99. The summed E-state index contributed by atoms with van der Waals surface area (Å²) < 4.78 is 7.49. The van der Waals surface area contributed by atoms with E-state index in [9.17, 15) is 0 Å². The van der Waals surface area contributed by atoms with Crippen molar-refractivity contribution in [3.05, 3.63) is 11.9 Å². The SMILES string of the molecule is CCCC(NCC)c1c(OC)cnn1CCC. The molecule has 0 aliphatic rings. The van der Waals surface area contributed by atoms with Crippen LogP contribution in [0.4, 0.5) is 0 Å². The van der Waals surface area contributed by atoms with Crippen molar-refractivity contribution in [3.63, 3.8) is 0 Å². The number of hydrogen-bond donors (Lipinski definition) is 1. The zero-order valence-electron chi connectivity index (χ0n) is 11.5. The van der Waals surface area contributed by atoms with Crippen molar-refractivity contribution < 1.29 is 4.74 Å². The van der Waals surface area contributed by atoms with Crippen LogP contribution in [0.1, 0.15) is 51.8 Å². The third kappa shape index (κ3) is 3.46. The summed E-state index contributed by atoms with van der Waals surface area (Å²) in [4.78, 5) is 0. The minimum atomic E-state index is 0.342. The third-order valence-electron chi connectivity index (χ3n) is 2.86. The van der Waals surface area contributed by atoms with Crippen LogP contribution in [0.25, 0.3) is 0 Å². The van der Waals surface area contributed by atoms with Gasteiger partial charge < -0.3 is 10.1 Å². The van der Waals surface area contributed by atoms with E-state index in [4.69, 9.17) is 4.74 Å². The van der Waals surface area contributed by atoms with Crippen molar-refractivity contribution in [3.8, 4) is 5.75 Å². The van der Waals surface area contributed by atoms with E-state index in [-0.39, 0.29) is 0 Å². The number of hydrogen-bond acceptors (Lipinski definition) is 3. The predicted molar refractivity (Wildman–Crippen MR) is 70.4 cm³/mol. The van der Waals surface area contributed by atoms with Gasteiger partial charge in [0, 0.05) is 6.54 Å². The fraction of sp³-hybridized carbons (Fsp3) is 0.769. The molecule has 1 atom stereocenters. The molecular formula is C13H25N3O. The van der Waals surface area contributed by atoms with Gasteiger partial charge in [-0.2, -0.15) is 5.10 Å². The van der Waals surface area contributed by atoms with Gasteiger partial charge in [-0.1, -0.05) is 27.2 Å². The molecule has 1 heterocycles. The molecule has 4 nitrogen and oxygen atoms in total. The Bertz CT molecular complexity index is 316. The summed E-state index contributed by atoms with van der Waals surface area (Å²) in [6.45, 7) is 8.42. The van der Waals surface area contributed by atoms with Gasteiger partial charge in [-0.25, -0.2) is 0 Å². The van der Waals surface area contributed by atoms with Gasteiger partial charge in [0.05, 0.1) is 25.0 Å². The van der Waals surface area contributed by atoms with E-state index in [0.717, 1.165) is 38.1 Å². The second-order valence-corrected chi connectivity index (χ2v) is 4.22. The molecule has 1 aromatic heterocycles. The maximum absolute atomic E-state index is 5.42. The highest BCUT2D eigenvalue weighted by molar-refractivity contribution is 5.28. The molecule has 1 unspecified atom stereocenters. The fourth-order valence-electron chi connectivity index (χ4n) is 2.15. The van der Waals surface area contributed by atoms with E-state index in [1.807, 2.05) is 6.20 Å². The van der Waals surface area contributed by atoms with Gasteiger partial charge in [0.1, 0.15) is 0 Å². The highest BCUT2D eigenvalue weighted by Crippen LogP contribution is 2.28. The summed E-state index contributed by atoms with van der Waals surface area (Å²) in [6, 6.07) is 0.342. The van der Waals surface area contributed by atoms with Crippen LogP contribution in [-0.2, 0) is 6.54 Å². The van der Waals surface area contributed by atoms with Crippen LogP contribution in [-0.4, -0.2) is 23.4 Å². The quantitative estimate of drug-likeness (QED) is 0.758. The monoisotopic (exact) mass is 239 g/mol. The van der Waals surface area contributed by atoms with Crippen LogP contribution in [0.15, 0.2) is 6.20 Å². The number of aryl methyl sites for hydroxylation is 1. The van der Waals surface area contributed by atoms with Gasteiger partial charge in [-0.3, -0.25) is 4.68 Å². The Morgan fingerprint density at radius 3 is 2.65 bits per heavy atom. The summed E-state index contributed by atoms with van der Waals surface area (Å²) in [5, 5.41) is 7.93. The van der Waals surface area contributed by atoms with E-state index in [1.165, 1.54) is 5.69 Å². The molecule has 0 saturated heterocycles. The van der Waals surface area contributed by atoms with E-state index in [0.29, 0.717) is 6.04 Å². The van der Waals surface area contributed by atoms with Gasteiger partial charge >= 0.3 is 0 Å². The Kier molecular flexibility index (Phi) is 6.05. The molecule has 0 radical (unpaired) electrons. The molecule has 0 amide bonds. The minimum absolute atomic E-state index is 0.342. The maximum atomic E-state index is 5.42. The molecule has 1 aromatic rings. The largest absolute Gasteiger partial charge is 0.493 e. The van der Waals surface area contributed by atoms with Gasteiger partial charge in [0.25, 0.3) is 0 Å². The summed E-state index contributed by atoms with van der Waals surface area (Å²) in [7, 11) is 1.71. The van der Waals surface area contributed by atoms with Crippen molar-refractivity contribution in [2.45, 2.75) is 52.6 Å². The van der Waals surface area contributed by atoms with Gasteiger partial charge in [-0.15, -0.1) is 0 Å². The first-order valence-corrected chi connectivity index (χ1v) is 6.61. The van der Waals surface area contributed by atoms with Crippen LogP contribution in [0, 0.1) is 0 Å². The molecule has 0 aliphatic carbocycles. The predicted octanol–water partition coefficient (Wildman–Crippen LogP) is 2.75. The van der Waals surface area contributed by atoms with E-state index in [1.54, 1.807) is 7.11 Å². The lowest BCUT2D eigenvalue weighted by Gasteiger charge is -2.20. The van der Waals surface area contributed by atoms with Crippen molar-refractivity contribution in [1.29, 1.82) is 0 Å². The maximum Gasteiger partial charge on any atom is 0.161 e. The molecule has 17 heavy (non-hydrogen) atoms. The Hall–Kier alpha value is -1.03. The van der Waals surface area contributed by atoms with Crippen LogP contribution in [0.2, 0.25) is 0 Å². The molecule has 98 valence electrons. The average molecular weight is 239 g/mol. The smallest absolute Gasteiger partial charge is 0.161 e. The molecular weight excluding hydrogens is 214 g/mol. The first-order chi connectivity index (χ1) is 8.28. The van der Waals surface area contributed by atoms with Crippen molar-refractivity contribution >= 4 is 0 Å². The first-order valence-electron chi connectivity index (χ1n) is 6.61. The van der Waals surface area contributed by atoms with Crippen LogP contribution in [0.5, 0.6) is 5.75 Å². The zero-order valence-corrected chi connectivity index (χ0v) is 11.5. The zero-order chi connectivity index (χ0) is 12.7. The van der Waals surface area contributed by atoms with Gasteiger partial charge in [0.2, 0.25) is 0 Å². The second-order valence-electron chi connectivity index (χ2n) is 4.22. The van der Waals surface area contributed by atoms with Gasteiger partial charge in [0.15, 0.2) is 5.75 Å². The summed E-state index contributed by atoms with van der Waals surface area (Å²) >= 11 is 0. The lowest BCUT2D eigenvalue weighted by molar-refractivity contribution is 0.384. The summed E-state index contributed by atoms with van der Waals surface area (Å²) in [5.74, 6) is 0.901. The number of nitrogens with one attached hydrogen (secondary N) is 1. The van der Waals surface area contributed by atoms with E-state index < -0.39 is 0 Å². The normalized spacial score (nSPS) is 12.7. The summed E-state index contributed by atoms with van der Waals surface area (Å²) in [6.07, 6.45) is 5.17. The van der Waals surface area contributed by atoms with Crippen molar-refractivity contribution in [1.82, 2.24) is 15.1 Å². The summed E-state index contributed by atoms with van der Waals surface area (Å²) in [5.41, 5.74) is 1.19. The molecule has 0 fully saturated rings. The van der Waals surface area contributed by atoms with E-state index >= 15 is 0 Å². The number of rotatable bonds is 8. The third-order valence-corrected chi connectivity index (χ3v) is 2.86. The first kappa shape index (κ1) is 14.0. The van der Waals surface area contributed by atoms with Crippen LogP contribution >= 0.6 is 0 Å². The van der Waals surface area contributed by atoms with Crippen molar-refractivity contribution in [2.75, 3.05) is 13.7 Å². The lowest BCUT2D eigenvalue weighted by atomic mass is 10.1. The van der Waals surface area contributed by atoms with Crippen LogP contribution in [0.3, 0.4) is 0 Å². The highest BCUT2D eigenvalue weighted by Gasteiger charge is 2.20. The topological polar surface area (TPSA) is 39.1 Å². The molecule has 1 rings (SSSR count). The Morgan fingerprint density at radius 2 is 2.12 bits per heavy atom.